The summed E-state index contributed by atoms with van der Waals surface area (Å²) in [4.78, 5) is 46.3. The van der Waals surface area contributed by atoms with E-state index in [9.17, 15) is 27.6 Å². The van der Waals surface area contributed by atoms with Gasteiger partial charge in [-0.3, -0.25) is 19.4 Å². The van der Waals surface area contributed by atoms with Crippen LogP contribution in [-0.4, -0.2) is 77.2 Å². The van der Waals surface area contributed by atoms with Gasteiger partial charge in [-0.15, -0.1) is 0 Å². The summed E-state index contributed by atoms with van der Waals surface area (Å²) in [5, 5.41) is 0.710. The highest BCUT2D eigenvalue weighted by Gasteiger charge is 2.39. The van der Waals surface area contributed by atoms with Gasteiger partial charge in [0.1, 0.15) is 5.69 Å². The Bertz CT molecular complexity index is 1190. The molecule has 2 atom stereocenters. The van der Waals surface area contributed by atoms with Crippen LogP contribution >= 0.6 is 23.2 Å². The van der Waals surface area contributed by atoms with Gasteiger partial charge in [-0.2, -0.15) is 13.2 Å². The predicted octanol–water partition coefficient (Wildman–Crippen LogP) is 4.73. The van der Waals surface area contributed by atoms with Crippen molar-refractivity contribution in [3.05, 3.63) is 63.4 Å². The fraction of sp³-hybridized carbons (Fsp3) is 0.462. The SMILES string of the molecule is CN(C(=O)c1ccc(C(F)(F)F)cn1)[C@@H]1CCN(C(=O)C2CCN(C=O)CC2)C[C@H]1c1ccc(Cl)c(Cl)c1. The van der Waals surface area contributed by atoms with E-state index in [1.54, 1.807) is 35.0 Å². The van der Waals surface area contributed by atoms with Crippen molar-refractivity contribution in [3.8, 4) is 0 Å². The van der Waals surface area contributed by atoms with E-state index in [0.717, 1.165) is 24.1 Å². The van der Waals surface area contributed by atoms with Crippen LogP contribution in [0.25, 0.3) is 0 Å². The predicted molar refractivity (Wildman–Crippen MR) is 136 cm³/mol. The van der Waals surface area contributed by atoms with E-state index in [1.807, 2.05) is 0 Å². The molecular formula is C26H27Cl2F3N4O3. The lowest BCUT2D eigenvalue weighted by Crippen LogP contribution is -2.53. The fourth-order valence-electron chi connectivity index (χ4n) is 5.20. The molecule has 12 heteroatoms. The lowest BCUT2D eigenvalue weighted by molar-refractivity contribution is -0.140. The highest BCUT2D eigenvalue weighted by molar-refractivity contribution is 6.42. The minimum atomic E-state index is -4.55. The fourth-order valence-corrected chi connectivity index (χ4v) is 5.51. The van der Waals surface area contributed by atoms with E-state index in [2.05, 4.69) is 4.98 Å². The minimum absolute atomic E-state index is 0.0115. The van der Waals surface area contributed by atoms with E-state index in [4.69, 9.17) is 23.2 Å². The lowest BCUT2D eigenvalue weighted by atomic mass is 9.84. The summed E-state index contributed by atoms with van der Waals surface area (Å²) in [5.74, 6) is -1.01. The molecule has 2 fully saturated rings. The van der Waals surface area contributed by atoms with Crippen molar-refractivity contribution in [1.29, 1.82) is 0 Å². The molecule has 3 heterocycles. The second-order valence-electron chi connectivity index (χ2n) is 9.68. The maximum atomic E-state index is 13.4. The van der Waals surface area contributed by atoms with Crippen LogP contribution in [0, 0.1) is 5.92 Å². The van der Waals surface area contributed by atoms with Gasteiger partial charge < -0.3 is 14.7 Å². The number of nitrogens with zero attached hydrogens (tertiary/aromatic N) is 4. The zero-order valence-corrected chi connectivity index (χ0v) is 22.1. The maximum Gasteiger partial charge on any atom is 0.417 e. The number of alkyl halides is 3. The van der Waals surface area contributed by atoms with Crippen molar-refractivity contribution < 1.29 is 27.6 Å². The Hall–Kier alpha value is -2.85. The number of hydrogen-bond acceptors (Lipinski definition) is 4. The molecule has 0 N–H and O–H groups in total. The number of benzene rings is 1. The minimum Gasteiger partial charge on any atom is -0.345 e. The number of amides is 3. The summed E-state index contributed by atoms with van der Waals surface area (Å²) in [6, 6.07) is 6.71. The summed E-state index contributed by atoms with van der Waals surface area (Å²) in [6.07, 6.45) is -1.48. The van der Waals surface area contributed by atoms with Gasteiger partial charge in [0, 0.05) is 57.3 Å². The Labute approximate surface area is 228 Å². The third-order valence-corrected chi connectivity index (χ3v) is 8.15. The third kappa shape index (κ3) is 6.07. The smallest absolute Gasteiger partial charge is 0.345 e. The molecular weight excluding hydrogens is 544 g/mol. The maximum absolute atomic E-state index is 13.4. The topological polar surface area (TPSA) is 73.8 Å². The van der Waals surface area contributed by atoms with E-state index >= 15 is 0 Å². The average molecular weight is 571 g/mol. The molecule has 38 heavy (non-hydrogen) atoms. The van der Waals surface area contributed by atoms with Crippen LogP contribution < -0.4 is 0 Å². The summed E-state index contributed by atoms with van der Waals surface area (Å²) in [7, 11) is 1.59. The standard InChI is InChI=1S/C26H27Cl2F3N4O3/c1-33(25(38)22-5-3-18(13-32-22)26(29,30)31)23-8-11-35(24(37)16-6-9-34(15-36)10-7-16)14-19(23)17-2-4-20(27)21(28)12-17/h2-5,12-13,15-16,19,23H,6-11,14H2,1H3/t19-,23+/m0/s1. The van der Waals surface area contributed by atoms with E-state index in [-0.39, 0.29) is 29.5 Å². The number of pyridine rings is 1. The molecule has 2 aliphatic heterocycles. The molecule has 0 saturated carbocycles. The quantitative estimate of drug-likeness (QED) is 0.487. The molecule has 0 aliphatic carbocycles. The van der Waals surface area contributed by atoms with Crippen LogP contribution in [0.4, 0.5) is 13.2 Å². The van der Waals surface area contributed by atoms with Crippen LogP contribution in [0.2, 0.25) is 10.0 Å². The molecule has 1 aromatic carbocycles. The first-order valence-electron chi connectivity index (χ1n) is 12.2. The monoisotopic (exact) mass is 570 g/mol. The van der Waals surface area contributed by atoms with Crippen molar-refractivity contribution in [3.63, 3.8) is 0 Å². The van der Waals surface area contributed by atoms with Gasteiger partial charge in [-0.05, 0) is 49.1 Å². The normalized spacial score (nSPS) is 20.8. The highest BCUT2D eigenvalue weighted by Crippen LogP contribution is 2.36. The summed E-state index contributed by atoms with van der Waals surface area (Å²) in [5.41, 5.74) is -0.247. The third-order valence-electron chi connectivity index (χ3n) is 7.42. The van der Waals surface area contributed by atoms with E-state index in [1.165, 1.54) is 4.90 Å². The van der Waals surface area contributed by atoms with Crippen LogP contribution in [0.5, 0.6) is 0 Å². The van der Waals surface area contributed by atoms with Crippen molar-refractivity contribution in [2.24, 2.45) is 5.92 Å². The van der Waals surface area contributed by atoms with Crippen molar-refractivity contribution in [2.75, 3.05) is 33.2 Å². The highest BCUT2D eigenvalue weighted by atomic mass is 35.5. The molecule has 0 radical (unpaired) electrons. The molecule has 204 valence electrons. The number of hydrogen-bond donors (Lipinski definition) is 0. The summed E-state index contributed by atoms with van der Waals surface area (Å²) in [6.45, 7) is 1.80. The Morgan fingerprint density at radius 1 is 1.05 bits per heavy atom. The molecule has 4 rings (SSSR count). The second-order valence-corrected chi connectivity index (χ2v) is 10.5. The number of likely N-dealkylation sites (tertiary alicyclic amines) is 2. The zero-order chi connectivity index (χ0) is 27.6. The van der Waals surface area contributed by atoms with Gasteiger partial charge in [-0.1, -0.05) is 29.3 Å². The van der Waals surface area contributed by atoms with E-state index in [0.29, 0.717) is 61.7 Å². The molecule has 2 saturated heterocycles. The number of carbonyl (C=O) groups excluding carboxylic acids is 3. The van der Waals surface area contributed by atoms with Gasteiger partial charge in [-0.25, -0.2) is 0 Å². The van der Waals surface area contributed by atoms with Gasteiger partial charge in [0.2, 0.25) is 12.3 Å². The number of halogens is 5. The van der Waals surface area contributed by atoms with Gasteiger partial charge in [0.25, 0.3) is 5.91 Å². The second kappa shape index (κ2) is 11.5. The van der Waals surface area contributed by atoms with Crippen molar-refractivity contribution in [2.45, 2.75) is 37.4 Å². The number of aromatic nitrogens is 1. The molecule has 3 amide bonds. The van der Waals surface area contributed by atoms with E-state index < -0.39 is 17.6 Å². The van der Waals surface area contributed by atoms with Gasteiger partial charge in [0.05, 0.1) is 15.6 Å². The van der Waals surface area contributed by atoms with Crippen LogP contribution in [0.1, 0.15) is 46.8 Å². The Morgan fingerprint density at radius 3 is 2.34 bits per heavy atom. The van der Waals surface area contributed by atoms with Crippen LogP contribution in [0.3, 0.4) is 0 Å². The Balaban J connectivity index is 1.56. The number of likely N-dealkylation sites (N-methyl/N-ethyl adjacent to an activating group) is 1. The molecule has 2 aromatic rings. The van der Waals surface area contributed by atoms with Gasteiger partial charge >= 0.3 is 6.18 Å². The number of piperidine rings is 2. The lowest BCUT2D eigenvalue weighted by Gasteiger charge is -2.44. The first kappa shape index (κ1) is 28.2. The van der Waals surface area contributed by atoms with Crippen LogP contribution in [0.15, 0.2) is 36.5 Å². The van der Waals surface area contributed by atoms with Crippen LogP contribution in [-0.2, 0) is 15.8 Å². The largest absolute Gasteiger partial charge is 0.417 e. The zero-order valence-electron chi connectivity index (χ0n) is 20.6. The molecule has 0 spiro atoms. The first-order valence-corrected chi connectivity index (χ1v) is 13.0. The molecule has 0 bridgehead atoms. The molecule has 1 aromatic heterocycles. The number of carbonyl (C=O) groups is 3. The summed E-state index contributed by atoms with van der Waals surface area (Å²) >= 11 is 12.4. The van der Waals surface area contributed by atoms with Crippen molar-refractivity contribution in [1.82, 2.24) is 19.7 Å². The Kier molecular flexibility index (Phi) is 8.52. The Morgan fingerprint density at radius 2 is 1.76 bits per heavy atom. The first-order chi connectivity index (χ1) is 18.0. The average Bonchev–Trinajstić information content (AvgIpc) is 2.92. The molecule has 2 aliphatic rings. The number of rotatable bonds is 5. The van der Waals surface area contributed by atoms with Crippen molar-refractivity contribution >= 4 is 41.4 Å². The molecule has 0 unspecified atom stereocenters. The summed E-state index contributed by atoms with van der Waals surface area (Å²) < 4.78 is 38.8. The molecule has 7 nitrogen and oxygen atoms in total. The van der Waals surface area contributed by atoms with Gasteiger partial charge in [0.15, 0.2) is 0 Å².